The Bertz CT molecular complexity index is 841. The summed E-state index contributed by atoms with van der Waals surface area (Å²) >= 11 is 0. The summed E-state index contributed by atoms with van der Waals surface area (Å²) in [5.74, 6) is 0.521. The van der Waals surface area contributed by atoms with E-state index in [0.29, 0.717) is 4.90 Å². The highest BCUT2D eigenvalue weighted by molar-refractivity contribution is 7.92. The van der Waals surface area contributed by atoms with Crippen LogP contribution in [0.3, 0.4) is 0 Å². The van der Waals surface area contributed by atoms with Crippen LogP contribution in [0.2, 0.25) is 0 Å². The number of methoxy groups -OCH3 is 1. The molecule has 134 valence electrons. The Kier molecular flexibility index (Phi) is 4.62. The third-order valence-electron chi connectivity index (χ3n) is 5.30. The van der Waals surface area contributed by atoms with E-state index < -0.39 is 20.5 Å². The average Bonchev–Trinajstić information content (AvgIpc) is 3.33. The van der Waals surface area contributed by atoms with E-state index in [1.165, 1.54) is 0 Å². The van der Waals surface area contributed by atoms with Crippen LogP contribution in [0.4, 0.5) is 0 Å². The second-order valence-corrected chi connectivity index (χ2v) is 8.74. The molecule has 2 atom stereocenters. The van der Waals surface area contributed by atoms with E-state index in [1.54, 1.807) is 19.2 Å². The second-order valence-electron chi connectivity index (χ2n) is 6.67. The SMILES string of the molecule is COc1ccc([C@H]2[C@H](S(=O)(=O)c3ccc(C)cc3)C2(CN)CN)cc1. The van der Waals surface area contributed by atoms with Crippen LogP contribution < -0.4 is 16.2 Å². The van der Waals surface area contributed by atoms with E-state index in [9.17, 15) is 8.42 Å². The van der Waals surface area contributed by atoms with Gasteiger partial charge in [-0.05, 0) is 36.8 Å². The van der Waals surface area contributed by atoms with Crippen molar-refractivity contribution in [3.8, 4) is 5.75 Å². The summed E-state index contributed by atoms with van der Waals surface area (Å²) in [4.78, 5) is 0.324. The molecule has 0 bridgehead atoms. The van der Waals surface area contributed by atoms with Crippen molar-refractivity contribution in [2.45, 2.75) is 23.0 Å². The Balaban J connectivity index is 2.02. The Hall–Kier alpha value is -1.89. The molecule has 0 aromatic heterocycles. The molecule has 0 spiro atoms. The minimum absolute atomic E-state index is 0.209. The van der Waals surface area contributed by atoms with Gasteiger partial charge in [0.2, 0.25) is 0 Å². The van der Waals surface area contributed by atoms with Crippen molar-refractivity contribution in [3.05, 3.63) is 59.7 Å². The van der Waals surface area contributed by atoms with E-state index in [-0.39, 0.29) is 19.0 Å². The number of hydrogen-bond acceptors (Lipinski definition) is 5. The van der Waals surface area contributed by atoms with Crippen LogP contribution in [0.5, 0.6) is 5.75 Å². The fraction of sp³-hybridized carbons (Fsp3) is 0.368. The molecule has 0 saturated heterocycles. The van der Waals surface area contributed by atoms with Gasteiger partial charge in [0.05, 0.1) is 17.3 Å². The van der Waals surface area contributed by atoms with Crippen LogP contribution in [0.25, 0.3) is 0 Å². The topological polar surface area (TPSA) is 95.4 Å². The number of rotatable bonds is 6. The monoisotopic (exact) mass is 360 g/mol. The Morgan fingerprint density at radius 3 is 2.04 bits per heavy atom. The van der Waals surface area contributed by atoms with Crippen molar-refractivity contribution in [2.24, 2.45) is 16.9 Å². The van der Waals surface area contributed by atoms with Gasteiger partial charge >= 0.3 is 0 Å². The molecule has 0 amide bonds. The molecule has 4 N–H and O–H groups in total. The lowest BCUT2D eigenvalue weighted by Gasteiger charge is -2.13. The van der Waals surface area contributed by atoms with Crippen LogP contribution in [-0.2, 0) is 9.84 Å². The molecule has 0 unspecified atom stereocenters. The van der Waals surface area contributed by atoms with Crippen molar-refractivity contribution in [2.75, 3.05) is 20.2 Å². The van der Waals surface area contributed by atoms with E-state index in [0.717, 1.165) is 16.9 Å². The van der Waals surface area contributed by atoms with Gasteiger partial charge in [0, 0.05) is 24.4 Å². The fourth-order valence-corrected chi connectivity index (χ4v) is 6.18. The van der Waals surface area contributed by atoms with Gasteiger partial charge in [-0.15, -0.1) is 0 Å². The van der Waals surface area contributed by atoms with Crippen molar-refractivity contribution < 1.29 is 13.2 Å². The first-order chi connectivity index (χ1) is 11.9. The van der Waals surface area contributed by atoms with Crippen LogP contribution in [-0.4, -0.2) is 33.9 Å². The summed E-state index contributed by atoms with van der Waals surface area (Å²) in [6.45, 7) is 2.39. The quantitative estimate of drug-likeness (QED) is 0.820. The van der Waals surface area contributed by atoms with E-state index in [1.807, 2.05) is 43.3 Å². The summed E-state index contributed by atoms with van der Waals surface area (Å²) in [5.41, 5.74) is 13.3. The van der Waals surface area contributed by atoms with Crippen molar-refractivity contribution in [1.82, 2.24) is 0 Å². The summed E-state index contributed by atoms with van der Waals surface area (Å²) in [6, 6.07) is 14.4. The number of nitrogens with two attached hydrogens (primary N) is 2. The van der Waals surface area contributed by atoms with Crippen LogP contribution in [0.15, 0.2) is 53.4 Å². The normalized spacial score (nSPS) is 21.8. The minimum atomic E-state index is -3.52. The van der Waals surface area contributed by atoms with Crippen LogP contribution in [0, 0.1) is 12.3 Å². The van der Waals surface area contributed by atoms with Gasteiger partial charge in [-0.25, -0.2) is 8.42 Å². The zero-order valence-electron chi connectivity index (χ0n) is 14.5. The van der Waals surface area contributed by atoms with E-state index in [2.05, 4.69) is 0 Å². The van der Waals surface area contributed by atoms with Crippen LogP contribution >= 0.6 is 0 Å². The van der Waals surface area contributed by atoms with Gasteiger partial charge in [-0.1, -0.05) is 29.8 Å². The van der Waals surface area contributed by atoms with Gasteiger partial charge < -0.3 is 16.2 Å². The first-order valence-electron chi connectivity index (χ1n) is 8.25. The summed E-state index contributed by atoms with van der Waals surface area (Å²) < 4.78 is 31.6. The number of sulfone groups is 1. The molecule has 0 aliphatic heterocycles. The molecule has 5 nitrogen and oxygen atoms in total. The summed E-state index contributed by atoms with van der Waals surface area (Å²) in [5, 5.41) is -0.605. The number of aryl methyl sites for hydroxylation is 1. The molecule has 1 aliphatic carbocycles. The number of benzene rings is 2. The zero-order chi connectivity index (χ0) is 18.2. The maximum absolute atomic E-state index is 13.2. The molecule has 1 fully saturated rings. The maximum atomic E-state index is 13.2. The third-order valence-corrected chi connectivity index (χ3v) is 7.64. The third kappa shape index (κ3) is 2.84. The summed E-state index contributed by atoms with van der Waals surface area (Å²) in [6.07, 6.45) is 0. The highest BCUT2D eigenvalue weighted by Crippen LogP contribution is 2.63. The molecule has 0 heterocycles. The zero-order valence-corrected chi connectivity index (χ0v) is 15.3. The highest BCUT2D eigenvalue weighted by Gasteiger charge is 2.69. The first-order valence-corrected chi connectivity index (χ1v) is 9.80. The molecule has 6 heteroatoms. The van der Waals surface area contributed by atoms with Crippen molar-refractivity contribution in [3.63, 3.8) is 0 Å². The van der Waals surface area contributed by atoms with Crippen molar-refractivity contribution in [1.29, 1.82) is 0 Å². The fourth-order valence-electron chi connectivity index (χ4n) is 3.70. The average molecular weight is 360 g/mol. The van der Waals surface area contributed by atoms with Gasteiger partial charge in [-0.3, -0.25) is 0 Å². The largest absolute Gasteiger partial charge is 0.497 e. The molecule has 2 aromatic carbocycles. The Morgan fingerprint density at radius 1 is 1.00 bits per heavy atom. The van der Waals surface area contributed by atoms with Gasteiger partial charge in [0.25, 0.3) is 0 Å². The van der Waals surface area contributed by atoms with Crippen LogP contribution in [0.1, 0.15) is 17.0 Å². The molecule has 3 rings (SSSR count). The van der Waals surface area contributed by atoms with E-state index in [4.69, 9.17) is 16.2 Å². The van der Waals surface area contributed by atoms with Gasteiger partial charge in [0.1, 0.15) is 5.75 Å². The Labute approximate surface area is 148 Å². The molecule has 1 aliphatic rings. The van der Waals surface area contributed by atoms with Crippen molar-refractivity contribution >= 4 is 9.84 Å². The lowest BCUT2D eigenvalue weighted by Crippen LogP contribution is -2.31. The maximum Gasteiger partial charge on any atom is 0.182 e. The number of hydrogen-bond donors (Lipinski definition) is 2. The van der Waals surface area contributed by atoms with Gasteiger partial charge in [0.15, 0.2) is 9.84 Å². The minimum Gasteiger partial charge on any atom is -0.497 e. The standard InChI is InChI=1S/C19H24N2O3S/c1-13-3-9-16(10-4-13)25(22,23)18-17(19(18,11-20)12-21)14-5-7-15(24-2)8-6-14/h3-10,17-18H,11-12,20-21H2,1-2H3/t17-,18-/m0/s1. The lowest BCUT2D eigenvalue weighted by molar-refractivity contribution is 0.414. The molecule has 1 saturated carbocycles. The van der Waals surface area contributed by atoms with E-state index >= 15 is 0 Å². The predicted molar refractivity (Wildman–Crippen MR) is 98.4 cm³/mol. The molecular formula is C19H24N2O3S. The Morgan fingerprint density at radius 2 is 1.56 bits per heavy atom. The lowest BCUT2D eigenvalue weighted by atomic mass is 9.99. The highest BCUT2D eigenvalue weighted by atomic mass is 32.2. The summed E-state index contributed by atoms with van der Waals surface area (Å²) in [7, 11) is -1.92. The number of ether oxygens (including phenoxy) is 1. The smallest absolute Gasteiger partial charge is 0.182 e. The second kappa shape index (κ2) is 6.44. The molecule has 2 aromatic rings. The molecule has 25 heavy (non-hydrogen) atoms. The molecule has 0 radical (unpaired) electrons. The predicted octanol–water partition coefficient (Wildman–Crippen LogP) is 1.85. The van der Waals surface area contributed by atoms with Gasteiger partial charge in [-0.2, -0.15) is 0 Å². The first kappa shape index (κ1) is 17.9. The molecular weight excluding hydrogens is 336 g/mol.